The smallest absolute Gasteiger partial charge is 0.146 e. The van der Waals surface area contributed by atoms with E-state index in [4.69, 9.17) is 0 Å². The highest BCUT2D eigenvalue weighted by molar-refractivity contribution is 5.47. The SMILES string of the molecule is Cc1ccc(NC2CCCNC2)c(F)c1. The summed E-state index contributed by atoms with van der Waals surface area (Å²) >= 11 is 0. The number of hydrogen-bond donors (Lipinski definition) is 2. The minimum absolute atomic E-state index is 0.152. The van der Waals surface area contributed by atoms with Gasteiger partial charge in [-0.05, 0) is 44.0 Å². The molecule has 1 aliphatic heterocycles. The van der Waals surface area contributed by atoms with Crippen LogP contribution in [0.5, 0.6) is 0 Å². The molecule has 1 atom stereocenters. The van der Waals surface area contributed by atoms with Crippen LogP contribution in [0.4, 0.5) is 10.1 Å². The molecular weight excluding hydrogens is 191 g/mol. The zero-order valence-corrected chi connectivity index (χ0v) is 9.02. The van der Waals surface area contributed by atoms with Gasteiger partial charge in [0, 0.05) is 12.6 Å². The Balaban J connectivity index is 2.03. The van der Waals surface area contributed by atoms with E-state index in [1.807, 2.05) is 19.1 Å². The average Bonchev–Trinajstić information content (AvgIpc) is 2.24. The summed E-state index contributed by atoms with van der Waals surface area (Å²) in [5, 5.41) is 6.54. The number of halogens is 1. The lowest BCUT2D eigenvalue weighted by atomic mass is 10.1. The van der Waals surface area contributed by atoms with Crippen LogP contribution in [0.15, 0.2) is 18.2 Å². The van der Waals surface area contributed by atoms with Crippen molar-refractivity contribution in [2.24, 2.45) is 0 Å². The van der Waals surface area contributed by atoms with Crippen LogP contribution in [0.25, 0.3) is 0 Å². The van der Waals surface area contributed by atoms with Gasteiger partial charge in [-0.25, -0.2) is 4.39 Å². The Morgan fingerprint density at radius 2 is 2.33 bits per heavy atom. The predicted octanol–water partition coefficient (Wildman–Crippen LogP) is 2.30. The van der Waals surface area contributed by atoms with Crippen LogP contribution >= 0.6 is 0 Å². The largest absolute Gasteiger partial charge is 0.379 e. The maximum absolute atomic E-state index is 13.5. The van der Waals surface area contributed by atoms with Gasteiger partial charge in [0.05, 0.1) is 5.69 Å². The fourth-order valence-corrected chi connectivity index (χ4v) is 1.93. The monoisotopic (exact) mass is 208 g/mol. The van der Waals surface area contributed by atoms with Gasteiger partial charge < -0.3 is 10.6 Å². The molecule has 0 aromatic heterocycles. The van der Waals surface area contributed by atoms with E-state index in [-0.39, 0.29) is 5.82 Å². The second kappa shape index (κ2) is 4.62. The minimum Gasteiger partial charge on any atom is -0.379 e. The fourth-order valence-electron chi connectivity index (χ4n) is 1.93. The summed E-state index contributed by atoms with van der Waals surface area (Å²) in [4.78, 5) is 0. The molecule has 0 bridgehead atoms. The third-order valence-electron chi connectivity index (χ3n) is 2.78. The van der Waals surface area contributed by atoms with Crippen molar-refractivity contribution in [3.63, 3.8) is 0 Å². The van der Waals surface area contributed by atoms with Gasteiger partial charge in [-0.2, -0.15) is 0 Å². The van der Waals surface area contributed by atoms with Crippen LogP contribution < -0.4 is 10.6 Å². The van der Waals surface area contributed by atoms with Crippen LogP contribution in [0.3, 0.4) is 0 Å². The lowest BCUT2D eigenvalue weighted by Crippen LogP contribution is -2.38. The number of rotatable bonds is 2. The van der Waals surface area contributed by atoms with Crippen molar-refractivity contribution in [1.82, 2.24) is 5.32 Å². The second-order valence-electron chi connectivity index (χ2n) is 4.17. The molecule has 1 aromatic carbocycles. The van der Waals surface area contributed by atoms with Crippen molar-refractivity contribution in [2.45, 2.75) is 25.8 Å². The Bertz CT molecular complexity index is 332. The van der Waals surface area contributed by atoms with Gasteiger partial charge in [-0.1, -0.05) is 6.07 Å². The van der Waals surface area contributed by atoms with Gasteiger partial charge in [-0.15, -0.1) is 0 Å². The number of nitrogens with one attached hydrogen (secondary N) is 2. The molecule has 1 saturated heterocycles. The molecule has 0 aliphatic carbocycles. The first-order chi connectivity index (χ1) is 7.25. The van der Waals surface area contributed by atoms with Gasteiger partial charge in [0.25, 0.3) is 0 Å². The summed E-state index contributed by atoms with van der Waals surface area (Å²) in [6, 6.07) is 5.68. The maximum Gasteiger partial charge on any atom is 0.146 e. The first-order valence-corrected chi connectivity index (χ1v) is 5.49. The van der Waals surface area contributed by atoms with Gasteiger partial charge in [0.15, 0.2) is 0 Å². The van der Waals surface area contributed by atoms with Gasteiger partial charge in [0.1, 0.15) is 5.82 Å². The topological polar surface area (TPSA) is 24.1 Å². The minimum atomic E-state index is -0.152. The Morgan fingerprint density at radius 1 is 1.47 bits per heavy atom. The Morgan fingerprint density at radius 3 is 3.00 bits per heavy atom. The molecule has 1 fully saturated rings. The fraction of sp³-hybridized carbons (Fsp3) is 0.500. The summed E-state index contributed by atoms with van der Waals surface area (Å²) < 4.78 is 13.5. The van der Waals surface area contributed by atoms with Crippen molar-refractivity contribution in [3.05, 3.63) is 29.6 Å². The second-order valence-corrected chi connectivity index (χ2v) is 4.17. The van der Waals surface area contributed by atoms with Crippen LogP contribution in [0, 0.1) is 12.7 Å². The zero-order chi connectivity index (χ0) is 10.7. The molecule has 1 aromatic rings. The zero-order valence-electron chi connectivity index (χ0n) is 9.02. The van der Waals surface area contributed by atoms with Crippen molar-refractivity contribution in [3.8, 4) is 0 Å². The molecule has 2 nitrogen and oxygen atoms in total. The summed E-state index contributed by atoms with van der Waals surface area (Å²) in [6.45, 7) is 3.90. The number of benzene rings is 1. The molecule has 0 saturated carbocycles. The number of hydrogen-bond acceptors (Lipinski definition) is 2. The van der Waals surface area contributed by atoms with E-state index < -0.39 is 0 Å². The number of anilines is 1. The third kappa shape index (κ3) is 2.69. The predicted molar refractivity (Wildman–Crippen MR) is 60.7 cm³/mol. The van der Waals surface area contributed by atoms with Gasteiger partial charge in [0.2, 0.25) is 0 Å². The highest BCUT2D eigenvalue weighted by Crippen LogP contribution is 2.17. The van der Waals surface area contributed by atoms with Crippen LogP contribution in [-0.4, -0.2) is 19.1 Å². The van der Waals surface area contributed by atoms with E-state index in [1.54, 1.807) is 6.07 Å². The molecule has 2 N–H and O–H groups in total. The van der Waals surface area contributed by atoms with Gasteiger partial charge in [-0.3, -0.25) is 0 Å². The molecule has 0 radical (unpaired) electrons. The first-order valence-electron chi connectivity index (χ1n) is 5.49. The molecule has 1 aliphatic rings. The van der Waals surface area contributed by atoms with Crippen LogP contribution in [-0.2, 0) is 0 Å². The summed E-state index contributed by atoms with van der Waals surface area (Å²) in [7, 11) is 0. The van der Waals surface area contributed by atoms with Crippen molar-refractivity contribution in [1.29, 1.82) is 0 Å². The number of piperidine rings is 1. The molecule has 0 spiro atoms. The first kappa shape index (κ1) is 10.4. The molecule has 3 heteroatoms. The summed E-state index contributed by atoms with van der Waals surface area (Å²) in [5.74, 6) is -0.152. The lowest BCUT2D eigenvalue weighted by Gasteiger charge is -2.25. The van der Waals surface area contributed by atoms with E-state index in [9.17, 15) is 4.39 Å². The Hall–Kier alpha value is -1.09. The van der Waals surface area contributed by atoms with E-state index in [0.717, 1.165) is 31.5 Å². The highest BCUT2D eigenvalue weighted by Gasteiger charge is 2.13. The quantitative estimate of drug-likeness (QED) is 0.779. The van der Waals surface area contributed by atoms with E-state index >= 15 is 0 Å². The third-order valence-corrected chi connectivity index (χ3v) is 2.78. The van der Waals surface area contributed by atoms with Crippen LogP contribution in [0.1, 0.15) is 18.4 Å². The van der Waals surface area contributed by atoms with E-state index in [0.29, 0.717) is 11.7 Å². The van der Waals surface area contributed by atoms with Gasteiger partial charge >= 0.3 is 0 Å². The van der Waals surface area contributed by atoms with Crippen molar-refractivity contribution >= 4 is 5.69 Å². The molecule has 1 unspecified atom stereocenters. The lowest BCUT2D eigenvalue weighted by molar-refractivity contribution is 0.477. The molecular formula is C12H17FN2. The van der Waals surface area contributed by atoms with Crippen molar-refractivity contribution in [2.75, 3.05) is 18.4 Å². The molecule has 2 rings (SSSR count). The Kier molecular flexibility index (Phi) is 3.21. The summed E-state index contributed by atoms with van der Waals surface area (Å²) in [5.41, 5.74) is 1.58. The number of aryl methyl sites for hydroxylation is 1. The Labute approximate surface area is 89.9 Å². The van der Waals surface area contributed by atoms with E-state index in [1.165, 1.54) is 0 Å². The normalized spacial score (nSPS) is 21.3. The summed E-state index contributed by atoms with van der Waals surface area (Å²) in [6.07, 6.45) is 2.27. The molecule has 82 valence electrons. The molecule has 15 heavy (non-hydrogen) atoms. The van der Waals surface area contributed by atoms with E-state index in [2.05, 4.69) is 10.6 Å². The average molecular weight is 208 g/mol. The highest BCUT2D eigenvalue weighted by atomic mass is 19.1. The standard InChI is InChI=1S/C12H17FN2/c1-9-4-5-12(11(13)7-9)15-10-3-2-6-14-8-10/h4-5,7,10,14-15H,2-3,6,8H2,1H3. The molecule has 0 amide bonds. The van der Waals surface area contributed by atoms with Crippen molar-refractivity contribution < 1.29 is 4.39 Å². The molecule has 1 heterocycles. The van der Waals surface area contributed by atoms with Crippen LogP contribution in [0.2, 0.25) is 0 Å². The maximum atomic E-state index is 13.5.